The fraction of sp³-hybridized carbons (Fsp3) is 0.462. The third-order valence-electron chi connectivity index (χ3n) is 2.92. The molecule has 16 heavy (non-hydrogen) atoms. The molecule has 0 radical (unpaired) electrons. The van der Waals surface area contributed by atoms with E-state index in [1.807, 2.05) is 36.1 Å². The molecule has 1 amide bonds. The molecule has 1 saturated carbocycles. The lowest BCUT2D eigenvalue weighted by molar-refractivity contribution is 0.0752. The average Bonchev–Trinajstić information content (AvgIpc) is 3.14. The monoisotopic (exact) mass is 237 g/mol. The van der Waals surface area contributed by atoms with Crippen LogP contribution in [0.2, 0.25) is 0 Å². The summed E-state index contributed by atoms with van der Waals surface area (Å²) in [5.74, 6) is 0.591. The van der Waals surface area contributed by atoms with Gasteiger partial charge in [-0.15, -0.1) is 11.6 Å². The van der Waals surface area contributed by atoms with Crippen molar-refractivity contribution in [2.24, 2.45) is 0 Å². The molecule has 2 nitrogen and oxygen atoms in total. The molecule has 0 atom stereocenters. The number of rotatable bonds is 4. The minimum atomic E-state index is 0.136. The highest BCUT2D eigenvalue weighted by Crippen LogP contribution is 2.28. The van der Waals surface area contributed by atoms with Crippen LogP contribution in [0.3, 0.4) is 0 Å². The van der Waals surface area contributed by atoms with Crippen LogP contribution in [-0.2, 0) is 5.88 Å². The molecule has 0 heterocycles. The quantitative estimate of drug-likeness (QED) is 0.737. The van der Waals surface area contributed by atoms with Crippen LogP contribution in [0.25, 0.3) is 0 Å². The molecule has 3 heteroatoms. The first-order valence-electron chi connectivity index (χ1n) is 5.72. The maximum Gasteiger partial charge on any atom is 0.254 e. The van der Waals surface area contributed by atoms with Gasteiger partial charge in [0.2, 0.25) is 0 Å². The number of carbonyl (C=O) groups excluding carboxylic acids is 1. The Morgan fingerprint density at radius 1 is 1.50 bits per heavy atom. The molecule has 1 aliphatic rings. The molecule has 0 bridgehead atoms. The SMILES string of the molecule is CCN(C(=O)c1cccc(CCl)c1)C1CC1. The summed E-state index contributed by atoms with van der Waals surface area (Å²) in [7, 11) is 0. The number of hydrogen-bond donors (Lipinski definition) is 0. The first kappa shape index (κ1) is 11.5. The van der Waals surface area contributed by atoms with Gasteiger partial charge in [-0.2, -0.15) is 0 Å². The molecule has 0 N–H and O–H groups in total. The zero-order valence-corrected chi connectivity index (χ0v) is 10.2. The van der Waals surface area contributed by atoms with Crippen molar-refractivity contribution in [1.82, 2.24) is 4.90 Å². The molecule has 1 aliphatic carbocycles. The van der Waals surface area contributed by atoms with Crippen LogP contribution in [-0.4, -0.2) is 23.4 Å². The largest absolute Gasteiger partial charge is 0.336 e. The van der Waals surface area contributed by atoms with Gasteiger partial charge >= 0.3 is 0 Å². The molecule has 0 spiro atoms. The predicted octanol–water partition coefficient (Wildman–Crippen LogP) is 3.05. The van der Waals surface area contributed by atoms with Crippen LogP contribution in [0.1, 0.15) is 35.7 Å². The minimum Gasteiger partial charge on any atom is -0.336 e. The van der Waals surface area contributed by atoms with Gasteiger partial charge in [0, 0.05) is 24.0 Å². The lowest BCUT2D eigenvalue weighted by atomic mass is 10.1. The van der Waals surface area contributed by atoms with E-state index >= 15 is 0 Å². The third kappa shape index (κ3) is 2.38. The number of alkyl halides is 1. The third-order valence-corrected chi connectivity index (χ3v) is 3.23. The van der Waals surface area contributed by atoms with E-state index in [4.69, 9.17) is 11.6 Å². The summed E-state index contributed by atoms with van der Waals surface area (Å²) in [6.45, 7) is 2.82. The molecule has 1 fully saturated rings. The Hall–Kier alpha value is -1.02. The Kier molecular flexibility index (Phi) is 3.49. The van der Waals surface area contributed by atoms with Gasteiger partial charge in [-0.05, 0) is 37.5 Å². The van der Waals surface area contributed by atoms with Crippen LogP contribution in [0.5, 0.6) is 0 Å². The number of carbonyl (C=O) groups is 1. The van der Waals surface area contributed by atoms with Crippen molar-refractivity contribution < 1.29 is 4.79 Å². The summed E-state index contributed by atoms with van der Waals surface area (Å²) < 4.78 is 0. The summed E-state index contributed by atoms with van der Waals surface area (Å²) >= 11 is 5.77. The second-order valence-corrected chi connectivity index (χ2v) is 4.42. The minimum absolute atomic E-state index is 0.136. The van der Waals surface area contributed by atoms with Crippen LogP contribution >= 0.6 is 11.6 Å². The normalized spacial score (nSPS) is 14.9. The van der Waals surface area contributed by atoms with E-state index in [1.165, 1.54) is 0 Å². The van der Waals surface area contributed by atoms with E-state index in [1.54, 1.807) is 0 Å². The predicted molar refractivity (Wildman–Crippen MR) is 65.7 cm³/mol. The number of halogens is 1. The van der Waals surface area contributed by atoms with Crippen molar-refractivity contribution in [2.45, 2.75) is 31.7 Å². The van der Waals surface area contributed by atoms with Gasteiger partial charge in [-0.3, -0.25) is 4.79 Å². The van der Waals surface area contributed by atoms with Gasteiger partial charge in [0.15, 0.2) is 0 Å². The first-order valence-corrected chi connectivity index (χ1v) is 6.25. The molecule has 86 valence electrons. The van der Waals surface area contributed by atoms with Crippen molar-refractivity contribution in [3.8, 4) is 0 Å². The Bertz CT molecular complexity index is 387. The van der Waals surface area contributed by atoms with Crippen molar-refractivity contribution in [3.05, 3.63) is 35.4 Å². The van der Waals surface area contributed by atoms with Crippen LogP contribution in [0.15, 0.2) is 24.3 Å². The highest BCUT2D eigenvalue weighted by atomic mass is 35.5. The van der Waals surface area contributed by atoms with E-state index in [9.17, 15) is 4.79 Å². The summed E-state index contributed by atoms with van der Waals surface area (Å²) in [6, 6.07) is 8.06. The maximum absolute atomic E-state index is 12.2. The van der Waals surface area contributed by atoms with Crippen LogP contribution in [0, 0.1) is 0 Å². The smallest absolute Gasteiger partial charge is 0.254 e. The number of amides is 1. The summed E-state index contributed by atoms with van der Waals surface area (Å²) in [5, 5.41) is 0. The van der Waals surface area contributed by atoms with Gasteiger partial charge in [0.05, 0.1) is 0 Å². The topological polar surface area (TPSA) is 20.3 Å². The van der Waals surface area contributed by atoms with E-state index in [-0.39, 0.29) is 5.91 Å². The maximum atomic E-state index is 12.2. The van der Waals surface area contributed by atoms with Crippen molar-refractivity contribution in [3.63, 3.8) is 0 Å². The highest BCUT2D eigenvalue weighted by molar-refractivity contribution is 6.17. The van der Waals surface area contributed by atoms with Crippen LogP contribution in [0.4, 0.5) is 0 Å². The second-order valence-electron chi connectivity index (χ2n) is 4.16. The highest BCUT2D eigenvalue weighted by Gasteiger charge is 2.31. The van der Waals surface area contributed by atoms with Gasteiger partial charge in [-0.1, -0.05) is 12.1 Å². The summed E-state index contributed by atoms with van der Waals surface area (Å²) in [4.78, 5) is 14.2. The van der Waals surface area contributed by atoms with E-state index in [0.29, 0.717) is 11.9 Å². The average molecular weight is 238 g/mol. The van der Waals surface area contributed by atoms with Crippen molar-refractivity contribution in [2.75, 3.05) is 6.54 Å². The number of hydrogen-bond acceptors (Lipinski definition) is 1. The zero-order chi connectivity index (χ0) is 11.5. The Morgan fingerprint density at radius 2 is 2.25 bits per heavy atom. The first-order chi connectivity index (χ1) is 7.76. The van der Waals surface area contributed by atoms with Gasteiger partial charge in [0.25, 0.3) is 5.91 Å². The molecule has 0 unspecified atom stereocenters. The Morgan fingerprint density at radius 3 is 2.81 bits per heavy atom. The summed E-state index contributed by atoms with van der Waals surface area (Å²) in [5.41, 5.74) is 1.76. The lowest BCUT2D eigenvalue weighted by Gasteiger charge is -2.20. The van der Waals surface area contributed by atoms with E-state index in [0.717, 1.165) is 30.5 Å². The molecule has 1 aromatic carbocycles. The molecule has 0 aliphatic heterocycles. The fourth-order valence-corrected chi connectivity index (χ4v) is 2.07. The van der Waals surface area contributed by atoms with E-state index in [2.05, 4.69) is 0 Å². The molecule has 2 rings (SSSR count). The standard InChI is InChI=1S/C13H16ClNO/c1-2-15(12-6-7-12)13(16)11-5-3-4-10(8-11)9-14/h3-5,8,12H,2,6-7,9H2,1H3. The Labute approximate surface area is 101 Å². The van der Waals surface area contributed by atoms with Gasteiger partial charge in [-0.25, -0.2) is 0 Å². The molecule has 0 saturated heterocycles. The number of nitrogens with zero attached hydrogens (tertiary/aromatic N) is 1. The number of benzene rings is 1. The van der Waals surface area contributed by atoms with Crippen LogP contribution < -0.4 is 0 Å². The Balaban J connectivity index is 2.18. The second kappa shape index (κ2) is 4.88. The molecular formula is C13H16ClNO. The van der Waals surface area contributed by atoms with Gasteiger partial charge in [0.1, 0.15) is 0 Å². The molecule has 0 aromatic heterocycles. The summed E-state index contributed by atoms with van der Waals surface area (Å²) in [6.07, 6.45) is 2.30. The zero-order valence-electron chi connectivity index (χ0n) is 9.45. The van der Waals surface area contributed by atoms with Crippen molar-refractivity contribution in [1.29, 1.82) is 0 Å². The van der Waals surface area contributed by atoms with Gasteiger partial charge < -0.3 is 4.90 Å². The fourth-order valence-electron chi connectivity index (χ4n) is 1.91. The van der Waals surface area contributed by atoms with E-state index < -0.39 is 0 Å². The molecular weight excluding hydrogens is 222 g/mol. The lowest BCUT2D eigenvalue weighted by Crippen LogP contribution is -2.32. The molecule has 1 aromatic rings. The van der Waals surface area contributed by atoms with Crippen molar-refractivity contribution >= 4 is 17.5 Å².